The Hall–Kier alpha value is -1.43. The van der Waals surface area contributed by atoms with Gasteiger partial charge in [-0.15, -0.1) is 0 Å². The van der Waals surface area contributed by atoms with E-state index in [-0.39, 0.29) is 11.6 Å². The van der Waals surface area contributed by atoms with Crippen LogP contribution in [0.25, 0.3) is 0 Å². The molecule has 0 bridgehead atoms. The van der Waals surface area contributed by atoms with Gasteiger partial charge in [0.25, 0.3) is 0 Å². The summed E-state index contributed by atoms with van der Waals surface area (Å²) in [7, 11) is 1.73. The van der Waals surface area contributed by atoms with Gasteiger partial charge in [0.2, 0.25) is 0 Å². The van der Waals surface area contributed by atoms with Gasteiger partial charge in [0.05, 0.1) is 20.5 Å². The minimum absolute atomic E-state index is 0.0375. The van der Waals surface area contributed by atoms with Crippen LogP contribution in [-0.2, 0) is 0 Å². The number of nitrogens with zero attached hydrogens (tertiary/aromatic N) is 4. The highest BCUT2D eigenvalue weighted by Gasteiger charge is 2.21. The van der Waals surface area contributed by atoms with Crippen LogP contribution in [0.1, 0.15) is 6.92 Å². The minimum atomic E-state index is -0.460. The molecule has 0 radical (unpaired) electrons. The van der Waals surface area contributed by atoms with Crippen LogP contribution in [0.3, 0.4) is 0 Å². The number of nitro groups is 1. The monoisotopic (exact) mass is 346 g/mol. The molecule has 1 heterocycles. The van der Waals surface area contributed by atoms with Crippen molar-refractivity contribution >= 4 is 34.0 Å². The smallest absolute Gasteiger partial charge is 0.311 e. The summed E-state index contributed by atoms with van der Waals surface area (Å²) < 4.78 is 0.699. The second-order valence-electron chi connectivity index (χ2n) is 3.66. The molecular formula is C10H11IN4O2. The molecule has 0 aliphatic rings. The molecule has 0 fully saturated rings. The first-order valence-corrected chi connectivity index (χ1v) is 5.94. The van der Waals surface area contributed by atoms with E-state index in [1.807, 2.05) is 22.6 Å². The molecule has 7 heteroatoms. The standard InChI is InChI=1S/C10H11IN4O2/c1-7(3-12)6-14(2)10-8(11)4-13-5-9(10)15(16)17/h4-5,7H,6H2,1-2H3. The Kier molecular flexibility index (Phi) is 4.62. The summed E-state index contributed by atoms with van der Waals surface area (Å²) in [5, 5.41) is 19.7. The summed E-state index contributed by atoms with van der Waals surface area (Å²) in [6, 6.07) is 2.10. The van der Waals surface area contributed by atoms with Gasteiger partial charge in [-0.2, -0.15) is 5.26 Å². The van der Waals surface area contributed by atoms with E-state index in [0.717, 1.165) is 0 Å². The van der Waals surface area contributed by atoms with Gasteiger partial charge < -0.3 is 4.90 Å². The molecule has 1 rings (SSSR count). The van der Waals surface area contributed by atoms with Crippen LogP contribution >= 0.6 is 22.6 Å². The number of rotatable bonds is 4. The van der Waals surface area contributed by atoms with Gasteiger partial charge in [-0.1, -0.05) is 0 Å². The Balaban J connectivity index is 3.12. The third-order valence-electron chi connectivity index (χ3n) is 2.20. The Bertz CT molecular complexity index is 472. The zero-order valence-electron chi connectivity index (χ0n) is 9.42. The van der Waals surface area contributed by atoms with Crippen molar-refractivity contribution in [2.24, 2.45) is 5.92 Å². The van der Waals surface area contributed by atoms with Gasteiger partial charge in [0.1, 0.15) is 11.9 Å². The maximum absolute atomic E-state index is 10.9. The van der Waals surface area contributed by atoms with Crippen LogP contribution < -0.4 is 4.90 Å². The number of hydrogen-bond acceptors (Lipinski definition) is 5. The van der Waals surface area contributed by atoms with Gasteiger partial charge in [-0.25, -0.2) is 0 Å². The molecule has 0 saturated carbocycles. The van der Waals surface area contributed by atoms with Gasteiger partial charge in [-0.3, -0.25) is 15.1 Å². The van der Waals surface area contributed by atoms with Crippen molar-refractivity contribution in [3.63, 3.8) is 0 Å². The summed E-state index contributed by atoms with van der Waals surface area (Å²) in [4.78, 5) is 16.0. The Labute approximate surface area is 113 Å². The lowest BCUT2D eigenvalue weighted by Gasteiger charge is -2.21. The number of halogens is 1. The van der Waals surface area contributed by atoms with E-state index >= 15 is 0 Å². The Morgan fingerprint density at radius 1 is 1.71 bits per heavy atom. The van der Waals surface area contributed by atoms with E-state index in [1.54, 1.807) is 25.1 Å². The maximum Gasteiger partial charge on any atom is 0.311 e. The highest BCUT2D eigenvalue weighted by atomic mass is 127. The number of pyridine rings is 1. The van der Waals surface area contributed by atoms with E-state index in [9.17, 15) is 10.1 Å². The lowest BCUT2D eigenvalue weighted by atomic mass is 10.2. The molecule has 0 saturated heterocycles. The highest BCUT2D eigenvalue weighted by molar-refractivity contribution is 14.1. The van der Waals surface area contributed by atoms with Gasteiger partial charge in [0, 0.05) is 19.8 Å². The van der Waals surface area contributed by atoms with Crippen LogP contribution in [-0.4, -0.2) is 23.5 Å². The first kappa shape index (κ1) is 13.6. The lowest BCUT2D eigenvalue weighted by Crippen LogP contribution is -2.25. The molecule has 0 aliphatic heterocycles. The number of nitriles is 1. The third kappa shape index (κ3) is 3.26. The second-order valence-corrected chi connectivity index (χ2v) is 4.82. The minimum Gasteiger partial charge on any atom is -0.367 e. The summed E-state index contributed by atoms with van der Waals surface area (Å²) in [6.07, 6.45) is 2.79. The lowest BCUT2D eigenvalue weighted by molar-refractivity contribution is -0.384. The molecule has 1 atom stereocenters. The Morgan fingerprint density at radius 3 is 2.88 bits per heavy atom. The first-order chi connectivity index (χ1) is 7.97. The largest absolute Gasteiger partial charge is 0.367 e. The fourth-order valence-corrected chi connectivity index (χ4v) is 2.32. The summed E-state index contributed by atoms with van der Waals surface area (Å²) in [6.45, 7) is 2.22. The van der Waals surface area contributed by atoms with E-state index in [1.165, 1.54) is 6.20 Å². The van der Waals surface area contributed by atoms with Crippen molar-refractivity contribution in [3.05, 3.63) is 26.1 Å². The van der Waals surface area contributed by atoms with Gasteiger partial charge in [0.15, 0.2) is 0 Å². The molecular weight excluding hydrogens is 335 g/mol. The van der Waals surface area contributed by atoms with Crippen molar-refractivity contribution in [1.29, 1.82) is 5.26 Å². The molecule has 0 spiro atoms. The molecule has 1 unspecified atom stereocenters. The third-order valence-corrected chi connectivity index (χ3v) is 2.99. The van der Waals surface area contributed by atoms with Crippen molar-refractivity contribution in [1.82, 2.24) is 4.98 Å². The molecule has 17 heavy (non-hydrogen) atoms. The van der Waals surface area contributed by atoms with Crippen LogP contribution in [0, 0.1) is 30.9 Å². The van der Waals surface area contributed by atoms with Crippen LogP contribution in [0.2, 0.25) is 0 Å². The van der Waals surface area contributed by atoms with E-state index in [2.05, 4.69) is 11.1 Å². The zero-order chi connectivity index (χ0) is 13.0. The summed E-state index contributed by atoms with van der Waals surface area (Å²) in [5.74, 6) is -0.191. The van der Waals surface area contributed by atoms with Crippen LogP contribution in [0.5, 0.6) is 0 Å². The number of aromatic nitrogens is 1. The molecule has 1 aromatic heterocycles. The summed E-state index contributed by atoms with van der Waals surface area (Å²) >= 11 is 2.00. The van der Waals surface area contributed by atoms with Crippen LogP contribution in [0.15, 0.2) is 12.4 Å². The summed E-state index contributed by atoms with van der Waals surface area (Å²) in [5.41, 5.74) is 0.470. The fourth-order valence-electron chi connectivity index (χ4n) is 1.47. The SMILES string of the molecule is CC(C#N)CN(C)c1c(I)cncc1[N+](=O)[O-]. The van der Waals surface area contributed by atoms with Crippen molar-refractivity contribution < 1.29 is 4.92 Å². The predicted octanol–water partition coefficient (Wildman–Crippen LogP) is 2.19. The number of hydrogen-bond donors (Lipinski definition) is 0. The highest BCUT2D eigenvalue weighted by Crippen LogP contribution is 2.31. The average molecular weight is 346 g/mol. The predicted molar refractivity (Wildman–Crippen MR) is 71.7 cm³/mol. The Morgan fingerprint density at radius 2 is 2.35 bits per heavy atom. The van der Waals surface area contributed by atoms with Crippen molar-refractivity contribution in [2.75, 3.05) is 18.5 Å². The topological polar surface area (TPSA) is 83.1 Å². The molecule has 6 nitrogen and oxygen atoms in total. The van der Waals surface area contributed by atoms with E-state index in [0.29, 0.717) is 15.8 Å². The van der Waals surface area contributed by atoms with Crippen molar-refractivity contribution in [3.8, 4) is 6.07 Å². The molecule has 1 aromatic rings. The van der Waals surface area contributed by atoms with Gasteiger partial charge in [-0.05, 0) is 29.5 Å². The second kappa shape index (κ2) is 5.77. The van der Waals surface area contributed by atoms with Gasteiger partial charge >= 0.3 is 5.69 Å². The average Bonchev–Trinajstić information content (AvgIpc) is 2.28. The van der Waals surface area contributed by atoms with E-state index < -0.39 is 4.92 Å². The fraction of sp³-hybridized carbons (Fsp3) is 0.400. The normalized spacial score (nSPS) is 11.6. The quantitative estimate of drug-likeness (QED) is 0.474. The molecule has 0 aromatic carbocycles. The van der Waals surface area contributed by atoms with Crippen molar-refractivity contribution in [2.45, 2.75) is 6.92 Å². The number of anilines is 1. The first-order valence-electron chi connectivity index (χ1n) is 4.86. The molecule has 90 valence electrons. The molecule has 0 N–H and O–H groups in total. The van der Waals surface area contributed by atoms with E-state index in [4.69, 9.17) is 5.26 Å². The zero-order valence-corrected chi connectivity index (χ0v) is 11.6. The molecule has 0 aliphatic carbocycles. The maximum atomic E-state index is 10.9. The van der Waals surface area contributed by atoms with Crippen LogP contribution in [0.4, 0.5) is 11.4 Å². The molecule has 0 amide bonds.